The second-order valence-corrected chi connectivity index (χ2v) is 7.57. The summed E-state index contributed by atoms with van der Waals surface area (Å²) in [6, 6.07) is 22.4. The molecule has 0 saturated heterocycles. The predicted octanol–water partition coefficient (Wildman–Crippen LogP) is 4.47. The number of rotatable bonds is 6. The fourth-order valence-corrected chi connectivity index (χ4v) is 4.00. The maximum atomic E-state index is 12.3. The van der Waals surface area contributed by atoms with E-state index in [1.54, 1.807) is 12.1 Å². The molecule has 1 aliphatic rings. The van der Waals surface area contributed by atoms with E-state index < -0.39 is 12.1 Å². The summed E-state index contributed by atoms with van der Waals surface area (Å²) in [4.78, 5) is 27.5. The maximum absolute atomic E-state index is 12.3. The topological polar surface area (TPSA) is 115 Å². The van der Waals surface area contributed by atoms with Crippen molar-refractivity contribution in [3.8, 4) is 22.5 Å². The number of nitrogens with one attached hydrogen (secondary N) is 1. The van der Waals surface area contributed by atoms with Crippen LogP contribution >= 0.6 is 0 Å². The van der Waals surface area contributed by atoms with Crippen LogP contribution in [0.5, 0.6) is 0 Å². The van der Waals surface area contributed by atoms with Gasteiger partial charge in [0.1, 0.15) is 13.2 Å². The number of carbonyl (C=O) groups is 2. The van der Waals surface area contributed by atoms with Gasteiger partial charge in [-0.1, -0.05) is 65.8 Å². The number of ether oxygens (including phenoxy) is 1. The molecule has 33 heavy (non-hydrogen) atoms. The number of alkyl carbamates (subject to hydrolysis) is 1. The van der Waals surface area contributed by atoms with Gasteiger partial charge >= 0.3 is 12.1 Å². The van der Waals surface area contributed by atoms with Crippen molar-refractivity contribution in [2.75, 3.05) is 6.61 Å². The molecule has 8 nitrogen and oxygen atoms in total. The number of hydrogen-bond donors (Lipinski definition) is 2. The predicted molar refractivity (Wildman–Crippen MR) is 119 cm³/mol. The molecule has 0 saturated carbocycles. The van der Waals surface area contributed by atoms with E-state index in [1.165, 1.54) is 12.1 Å². The number of fused-ring (bicyclic) bond motifs is 3. The Kier molecular flexibility index (Phi) is 5.32. The number of nitrogens with zero attached hydrogens (tertiary/aromatic N) is 2. The first kappa shape index (κ1) is 20.4. The summed E-state index contributed by atoms with van der Waals surface area (Å²) in [5.41, 5.74) is 5.38. The van der Waals surface area contributed by atoms with Crippen molar-refractivity contribution in [3.63, 3.8) is 0 Å². The Morgan fingerprint density at radius 2 is 1.58 bits per heavy atom. The SMILES string of the molecule is O=C(NCc1nc(-c2ccc(C(=O)O)cc2)no1)OCC1c2ccccc2-c2ccccc21. The van der Waals surface area contributed by atoms with Gasteiger partial charge in [-0.3, -0.25) is 0 Å². The van der Waals surface area contributed by atoms with Crippen molar-refractivity contribution in [2.45, 2.75) is 12.5 Å². The molecule has 1 amide bonds. The molecule has 0 spiro atoms. The van der Waals surface area contributed by atoms with Gasteiger partial charge in [0.15, 0.2) is 0 Å². The van der Waals surface area contributed by atoms with Crippen LogP contribution < -0.4 is 5.32 Å². The van der Waals surface area contributed by atoms with Crippen molar-refractivity contribution in [1.29, 1.82) is 0 Å². The minimum absolute atomic E-state index is 0.0108. The number of aromatic nitrogens is 2. The third-order valence-corrected chi connectivity index (χ3v) is 5.59. The quantitative estimate of drug-likeness (QED) is 0.454. The normalized spacial score (nSPS) is 12.1. The lowest BCUT2D eigenvalue weighted by molar-refractivity contribution is 0.0697. The van der Waals surface area contributed by atoms with Gasteiger partial charge in [-0.05, 0) is 34.4 Å². The van der Waals surface area contributed by atoms with Gasteiger partial charge in [0.05, 0.1) is 5.56 Å². The molecular formula is C25H19N3O5. The van der Waals surface area contributed by atoms with Crippen LogP contribution in [0.4, 0.5) is 4.79 Å². The van der Waals surface area contributed by atoms with Gasteiger partial charge in [-0.2, -0.15) is 4.98 Å². The number of amides is 1. The van der Waals surface area contributed by atoms with Gasteiger partial charge in [-0.15, -0.1) is 0 Å². The van der Waals surface area contributed by atoms with E-state index in [0.717, 1.165) is 22.3 Å². The molecule has 0 aliphatic heterocycles. The molecule has 8 heteroatoms. The number of hydrogen-bond acceptors (Lipinski definition) is 6. The monoisotopic (exact) mass is 441 g/mol. The highest BCUT2D eigenvalue weighted by molar-refractivity contribution is 5.88. The molecule has 0 bridgehead atoms. The molecular weight excluding hydrogens is 422 g/mol. The zero-order valence-electron chi connectivity index (χ0n) is 17.4. The Morgan fingerprint density at radius 3 is 2.21 bits per heavy atom. The molecule has 5 rings (SSSR count). The van der Waals surface area contributed by atoms with Crippen molar-refractivity contribution in [2.24, 2.45) is 0 Å². The summed E-state index contributed by atoms with van der Waals surface area (Å²) in [7, 11) is 0. The van der Waals surface area contributed by atoms with Crippen LogP contribution in [-0.4, -0.2) is 33.9 Å². The van der Waals surface area contributed by atoms with Crippen LogP contribution in [0.3, 0.4) is 0 Å². The summed E-state index contributed by atoms with van der Waals surface area (Å²) in [5, 5.41) is 15.5. The molecule has 1 heterocycles. The summed E-state index contributed by atoms with van der Waals surface area (Å²) < 4.78 is 10.7. The average Bonchev–Trinajstić information content (AvgIpc) is 3.44. The number of aromatic carboxylic acids is 1. The summed E-state index contributed by atoms with van der Waals surface area (Å²) in [6.45, 7) is 0.224. The van der Waals surface area contributed by atoms with E-state index in [-0.39, 0.29) is 30.5 Å². The van der Waals surface area contributed by atoms with Gasteiger partial charge in [0.25, 0.3) is 0 Å². The lowest BCUT2D eigenvalue weighted by Gasteiger charge is -2.14. The highest BCUT2D eigenvalue weighted by Crippen LogP contribution is 2.44. The van der Waals surface area contributed by atoms with Crippen LogP contribution in [0, 0.1) is 0 Å². The number of carboxylic acid groups (broad SMARTS) is 1. The fourth-order valence-electron chi connectivity index (χ4n) is 4.00. The van der Waals surface area contributed by atoms with E-state index in [1.807, 2.05) is 24.3 Å². The second kappa shape index (κ2) is 8.58. The number of carbonyl (C=O) groups excluding carboxylic acids is 1. The average molecular weight is 441 g/mol. The van der Waals surface area contributed by atoms with E-state index in [4.69, 9.17) is 14.4 Å². The van der Waals surface area contributed by atoms with Gasteiger partial charge in [0, 0.05) is 11.5 Å². The largest absolute Gasteiger partial charge is 0.478 e. The minimum atomic E-state index is -1.01. The van der Waals surface area contributed by atoms with Crippen molar-refractivity contribution >= 4 is 12.1 Å². The Bertz CT molecular complexity index is 1280. The zero-order valence-corrected chi connectivity index (χ0v) is 17.4. The minimum Gasteiger partial charge on any atom is -0.478 e. The maximum Gasteiger partial charge on any atom is 0.407 e. The molecule has 0 fully saturated rings. The standard InChI is InChI=1S/C25H19N3O5/c29-24(30)16-11-9-15(10-12-16)23-27-22(33-28-23)13-26-25(31)32-14-21-19-7-3-1-5-17(19)18-6-2-4-8-20(18)21/h1-12,21H,13-14H2,(H,26,31)(H,29,30). The van der Waals surface area contributed by atoms with Crippen LogP contribution in [0.15, 0.2) is 77.3 Å². The molecule has 3 aromatic carbocycles. The summed E-state index contributed by atoms with van der Waals surface area (Å²) in [5.74, 6) is -0.522. The van der Waals surface area contributed by atoms with Gasteiger partial charge in [0.2, 0.25) is 11.7 Å². The van der Waals surface area contributed by atoms with Crippen molar-refractivity contribution < 1.29 is 24.0 Å². The van der Waals surface area contributed by atoms with Crippen LogP contribution in [0.2, 0.25) is 0 Å². The van der Waals surface area contributed by atoms with E-state index in [9.17, 15) is 9.59 Å². The molecule has 0 radical (unpaired) electrons. The zero-order chi connectivity index (χ0) is 22.8. The Balaban J connectivity index is 1.19. The van der Waals surface area contributed by atoms with Crippen molar-refractivity contribution in [3.05, 3.63) is 95.4 Å². The summed E-state index contributed by atoms with van der Waals surface area (Å²) >= 11 is 0. The molecule has 0 unspecified atom stereocenters. The number of carboxylic acids is 1. The highest BCUT2D eigenvalue weighted by Gasteiger charge is 2.29. The Hall–Kier alpha value is -4.46. The molecule has 1 aliphatic carbocycles. The Morgan fingerprint density at radius 1 is 0.939 bits per heavy atom. The molecule has 4 aromatic rings. The number of benzene rings is 3. The van der Waals surface area contributed by atoms with E-state index in [2.05, 4.69) is 39.7 Å². The Labute approximate surface area is 188 Å². The lowest BCUT2D eigenvalue weighted by Crippen LogP contribution is -2.25. The molecule has 0 atom stereocenters. The smallest absolute Gasteiger partial charge is 0.407 e. The molecule has 1 aromatic heterocycles. The van der Waals surface area contributed by atoms with E-state index in [0.29, 0.717) is 11.4 Å². The van der Waals surface area contributed by atoms with Crippen LogP contribution in [0.1, 0.15) is 33.3 Å². The first-order chi connectivity index (χ1) is 16.1. The van der Waals surface area contributed by atoms with Crippen LogP contribution in [0.25, 0.3) is 22.5 Å². The highest BCUT2D eigenvalue weighted by atomic mass is 16.5. The van der Waals surface area contributed by atoms with E-state index >= 15 is 0 Å². The van der Waals surface area contributed by atoms with Gasteiger partial charge < -0.3 is 19.7 Å². The van der Waals surface area contributed by atoms with Crippen molar-refractivity contribution in [1.82, 2.24) is 15.5 Å². The third-order valence-electron chi connectivity index (χ3n) is 5.59. The molecule has 2 N–H and O–H groups in total. The fraction of sp³-hybridized carbons (Fsp3) is 0.120. The third kappa shape index (κ3) is 4.06. The summed E-state index contributed by atoms with van der Waals surface area (Å²) in [6.07, 6.45) is -0.581. The first-order valence-corrected chi connectivity index (χ1v) is 10.4. The lowest BCUT2D eigenvalue weighted by atomic mass is 9.98. The van der Waals surface area contributed by atoms with Crippen LogP contribution in [-0.2, 0) is 11.3 Å². The second-order valence-electron chi connectivity index (χ2n) is 7.57. The molecule has 164 valence electrons. The first-order valence-electron chi connectivity index (χ1n) is 10.4. The van der Waals surface area contributed by atoms with Gasteiger partial charge in [-0.25, -0.2) is 9.59 Å².